The van der Waals surface area contributed by atoms with Gasteiger partial charge in [0.1, 0.15) is 23.9 Å². The molecule has 0 aliphatic rings. The first kappa shape index (κ1) is 28.3. The number of aromatic hydroxyl groups is 1. The van der Waals surface area contributed by atoms with Crippen LogP contribution in [0.3, 0.4) is 0 Å². The van der Waals surface area contributed by atoms with Crippen LogP contribution in [-0.4, -0.2) is 58.1 Å². The number of hydrogen-bond acceptors (Lipinski definition) is 6. The van der Waals surface area contributed by atoms with E-state index in [-0.39, 0.29) is 24.5 Å². The molecule has 0 aromatic heterocycles. The van der Waals surface area contributed by atoms with Crippen molar-refractivity contribution in [3.8, 4) is 5.75 Å². The van der Waals surface area contributed by atoms with Gasteiger partial charge in [-0.3, -0.25) is 19.2 Å². The molecule has 0 saturated carbocycles. The molecule has 2 aromatic carbocycles. The van der Waals surface area contributed by atoms with Crippen molar-refractivity contribution < 1.29 is 29.4 Å². The second kappa shape index (κ2) is 13.2. The van der Waals surface area contributed by atoms with Gasteiger partial charge in [-0.05, 0) is 42.5 Å². The fourth-order valence-electron chi connectivity index (χ4n) is 3.47. The molecule has 0 bridgehead atoms. The number of carbonyl (C=O) groups is 4. The van der Waals surface area contributed by atoms with E-state index < -0.39 is 47.9 Å². The fourth-order valence-corrected chi connectivity index (χ4v) is 3.47. The third-order valence-electron chi connectivity index (χ3n) is 5.62. The Morgan fingerprint density at radius 2 is 1.36 bits per heavy atom. The summed E-state index contributed by atoms with van der Waals surface area (Å²) < 4.78 is 0. The van der Waals surface area contributed by atoms with Gasteiger partial charge in [0.05, 0.1) is 6.04 Å². The maximum atomic E-state index is 13.3. The van der Waals surface area contributed by atoms with Gasteiger partial charge in [-0.2, -0.15) is 0 Å². The zero-order valence-electron chi connectivity index (χ0n) is 20.6. The number of benzene rings is 2. The number of carbonyl (C=O) groups excluding carboxylic acids is 3. The Labute approximate surface area is 210 Å². The number of amides is 3. The summed E-state index contributed by atoms with van der Waals surface area (Å²) in [4.78, 5) is 49.9. The topological polar surface area (TPSA) is 171 Å². The molecule has 194 valence electrons. The molecular formula is C26H34N4O6. The van der Waals surface area contributed by atoms with E-state index in [0.717, 1.165) is 5.56 Å². The lowest BCUT2D eigenvalue weighted by Gasteiger charge is -2.26. The van der Waals surface area contributed by atoms with Crippen LogP contribution in [-0.2, 0) is 32.0 Å². The molecule has 2 rings (SSSR count). The highest BCUT2D eigenvalue weighted by Crippen LogP contribution is 2.13. The highest BCUT2D eigenvalue weighted by Gasteiger charge is 2.31. The van der Waals surface area contributed by atoms with Crippen molar-refractivity contribution in [3.63, 3.8) is 0 Å². The summed E-state index contributed by atoms with van der Waals surface area (Å²) in [5, 5.41) is 26.3. The van der Waals surface area contributed by atoms with E-state index in [1.165, 1.54) is 19.1 Å². The first-order chi connectivity index (χ1) is 17.0. The number of phenols is 1. The molecule has 7 N–H and O–H groups in total. The minimum atomic E-state index is -1.21. The molecule has 0 radical (unpaired) electrons. The fraction of sp³-hybridized carbons (Fsp3) is 0.385. The number of nitrogens with two attached hydrogens (primary N) is 1. The number of carboxylic acid groups (broad SMARTS) is 1. The van der Waals surface area contributed by atoms with Crippen LogP contribution >= 0.6 is 0 Å². The van der Waals surface area contributed by atoms with E-state index in [9.17, 15) is 24.3 Å². The zero-order valence-corrected chi connectivity index (χ0v) is 20.6. The van der Waals surface area contributed by atoms with Gasteiger partial charge in [0, 0.05) is 6.42 Å². The molecule has 2 aromatic rings. The molecule has 4 unspecified atom stereocenters. The number of rotatable bonds is 12. The van der Waals surface area contributed by atoms with Crippen LogP contribution in [0.5, 0.6) is 5.75 Å². The van der Waals surface area contributed by atoms with Crippen molar-refractivity contribution >= 4 is 23.7 Å². The first-order valence-corrected chi connectivity index (χ1v) is 11.7. The smallest absolute Gasteiger partial charge is 0.325 e. The van der Waals surface area contributed by atoms with Crippen molar-refractivity contribution in [1.29, 1.82) is 0 Å². The Balaban J connectivity index is 2.19. The van der Waals surface area contributed by atoms with Crippen LogP contribution in [0.4, 0.5) is 0 Å². The summed E-state index contributed by atoms with van der Waals surface area (Å²) in [5.41, 5.74) is 7.62. The lowest BCUT2D eigenvalue weighted by atomic mass is 10.00. The maximum Gasteiger partial charge on any atom is 0.325 e. The monoisotopic (exact) mass is 498 g/mol. The van der Waals surface area contributed by atoms with Crippen LogP contribution in [0.25, 0.3) is 0 Å². The highest BCUT2D eigenvalue weighted by atomic mass is 16.4. The molecule has 0 aliphatic heterocycles. The molecule has 4 atom stereocenters. The van der Waals surface area contributed by atoms with Crippen molar-refractivity contribution in [1.82, 2.24) is 16.0 Å². The number of nitrogens with one attached hydrogen (secondary N) is 3. The number of carboxylic acids is 1. The SMILES string of the molecule is CC(NC(=O)C(NC(=O)C(Cc1ccc(O)cc1)NC(=O)C(N)Cc1ccccc1)C(C)C)C(=O)O. The summed E-state index contributed by atoms with van der Waals surface area (Å²) in [7, 11) is 0. The van der Waals surface area contributed by atoms with Crippen LogP contribution in [0, 0.1) is 5.92 Å². The average molecular weight is 499 g/mol. The molecule has 10 nitrogen and oxygen atoms in total. The van der Waals surface area contributed by atoms with Crippen molar-refractivity contribution in [2.75, 3.05) is 0 Å². The minimum absolute atomic E-state index is 0.0535. The molecule has 0 spiro atoms. The van der Waals surface area contributed by atoms with Crippen LogP contribution in [0.1, 0.15) is 31.9 Å². The van der Waals surface area contributed by atoms with Gasteiger partial charge in [0.2, 0.25) is 17.7 Å². The normalized spacial score (nSPS) is 14.2. The quantitative estimate of drug-likeness (QED) is 0.250. The van der Waals surface area contributed by atoms with E-state index in [0.29, 0.717) is 5.56 Å². The van der Waals surface area contributed by atoms with Gasteiger partial charge in [-0.15, -0.1) is 0 Å². The summed E-state index contributed by atoms with van der Waals surface area (Å²) in [6, 6.07) is 11.2. The summed E-state index contributed by atoms with van der Waals surface area (Å²) in [6.45, 7) is 4.74. The van der Waals surface area contributed by atoms with Crippen LogP contribution in [0.2, 0.25) is 0 Å². The van der Waals surface area contributed by atoms with Gasteiger partial charge in [0.15, 0.2) is 0 Å². The molecule has 0 heterocycles. The maximum absolute atomic E-state index is 13.3. The van der Waals surface area contributed by atoms with Crippen LogP contribution in [0.15, 0.2) is 54.6 Å². The Kier molecular flexibility index (Phi) is 10.4. The highest BCUT2D eigenvalue weighted by molar-refractivity contribution is 5.94. The molecular weight excluding hydrogens is 464 g/mol. The lowest BCUT2D eigenvalue weighted by molar-refractivity contribution is -0.142. The Morgan fingerprint density at radius 1 is 0.778 bits per heavy atom. The molecule has 3 amide bonds. The average Bonchev–Trinajstić information content (AvgIpc) is 2.83. The van der Waals surface area contributed by atoms with Gasteiger partial charge < -0.3 is 31.9 Å². The first-order valence-electron chi connectivity index (χ1n) is 11.7. The summed E-state index contributed by atoms with van der Waals surface area (Å²) >= 11 is 0. The molecule has 0 saturated heterocycles. The van der Waals surface area contributed by atoms with Gasteiger partial charge in [-0.1, -0.05) is 56.3 Å². The molecule has 36 heavy (non-hydrogen) atoms. The summed E-state index contributed by atoms with van der Waals surface area (Å²) in [6.07, 6.45) is 0.345. The summed E-state index contributed by atoms with van der Waals surface area (Å²) in [5.74, 6) is -3.33. The largest absolute Gasteiger partial charge is 0.508 e. The predicted octanol–water partition coefficient (Wildman–Crippen LogP) is 0.720. The number of hydrogen-bond donors (Lipinski definition) is 6. The van der Waals surface area contributed by atoms with E-state index in [1.807, 2.05) is 30.3 Å². The Hall–Kier alpha value is -3.92. The van der Waals surface area contributed by atoms with Gasteiger partial charge >= 0.3 is 5.97 Å². The Morgan fingerprint density at radius 3 is 1.92 bits per heavy atom. The standard InChI is InChI=1S/C26H34N4O6/c1-15(2)22(25(34)28-16(3)26(35)36)30-24(33)21(14-18-9-11-19(31)12-10-18)29-23(32)20(27)13-17-7-5-4-6-8-17/h4-12,15-16,20-22,31H,13-14,27H2,1-3H3,(H,28,34)(H,29,32)(H,30,33)(H,35,36). The third kappa shape index (κ3) is 8.70. The van der Waals surface area contributed by atoms with Crippen molar-refractivity contribution in [2.45, 2.75) is 57.8 Å². The lowest BCUT2D eigenvalue weighted by Crippen LogP contribution is -2.58. The third-order valence-corrected chi connectivity index (χ3v) is 5.62. The second-order valence-electron chi connectivity index (χ2n) is 9.03. The van der Waals surface area contributed by atoms with Gasteiger partial charge in [0.25, 0.3) is 0 Å². The molecule has 0 fully saturated rings. The predicted molar refractivity (Wildman–Crippen MR) is 134 cm³/mol. The Bertz CT molecular complexity index is 1040. The number of aliphatic carboxylic acids is 1. The van der Waals surface area contributed by atoms with E-state index in [1.54, 1.807) is 26.0 Å². The number of phenolic OH excluding ortho intramolecular Hbond substituents is 1. The van der Waals surface area contributed by atoms with Crippen molar-refractivity contribution in [3.05, 3.63) is 65.7 Å². The van der Waals surface area contributed by atoms with E-state index in [4.69, 9.17) is 10.8 Å². The van der Waals surface area contributed by atoms with E-state index >= 15 is 0 Å². The molecule has 10 heteroatoms. The van der Waals surface area contributed by atoms with E-state index in [2.05, 4.69) is 16.0 Å². The van der Waals surface area contributed by atoms with Gasteiger partial charge in [-0.25, -0.2) is 0 Å². The van der Waals surface area contributed by atoms with Crippen LogP contribution < -0.4 is 21.7 Å². The molecule has 0 aliphatic carbocycles. The second-order valence-corrected chi connectivity index (χ2v) is 9.03. The minimum Gasteiger partial charge on any atom is -0.508 e. The zero-order chi connectivity index (χ0) is 26.8. The van der Waals surface area contributed by atoms with Crippen molar-refractivity contribution in [2.24, 2.45) is 11.7 Å².